The van der Waals surface area contributed by atoms with Gasteiger partial charge in [-0.05, 0) is 24.5 Å². The summed E-state index contributed by atoms with van der Waals surface area (Å²) in [5.74, 6) is 0.239. The van der Waals surface area contributed by atoms with Crippen LogP contribution in [0.25, 0.3) is 0 Å². The second-order valence-electron chi connectivity index (χ2n) is 8.74. The standard InChI is InChI=1S/C28H32N2O5/c1-21(31)24-16-30-25(15-22-9-5-3-6-10-22)17-29(13-14-33-2)28(32)27(30)26(20-34-19-24)35-18-23-11-7-4-8-12-23/h3-12,16,25H,13-15,17-20H2,1-2H3/b24-16+,27-26+/t25-/m0/s1. The van der Waals surface area contributed by atoms with Crippen molar-refractivity contribution in [3.8, 4) is 0 Å². The lowest BCUT2D eigenvalue weighted by atomic mass is 9.99. The molecule has 35 heavy (non-hydrogen) atoms. The van der Waals surface area contributed by atoms with Crippen molar-refractivity contribution in [1.82, 2.24) is 9.80 Å². The van der Waals surface area contributed by atoms with E-state index in [1.165, 1.54) is 6.92 Å². The molecule has 0 spiro atoms. The van der Waals surface area contributed by atoms with Gasteiger partial charge in [0.15, 0.2) is 11.5 Å². The van der Waals surface area contributed by atoms with Crippen LogP contribution in [0.2, 0.25) is 0 Å². The summed E-state index contributed by atoms with van der Waals surface area (Å²) in [5, 5.41) is 0. The third-order valence-electron chi connectivity index (χ3n) is 6.21. The van der Waals surface area contributed by atoms with Crippen molar-refractivity contribution in [3.05, 3.63) is 95.0 Å². The number of fused-ring (bicyclic) bond motifs is 1. The van der Waals surface area contributed by atoms with E-state index in [9.17, 15) is 9.59 Å². The first kappa shape index (κ1) is 24.7. The molecule has 1 saturated heterocycles. The zero-order valence-corrected chi connectivity index (χ0v) is 20.3. The Morgan fingerprint density at radius 3 is 2.37 bits per heavy atom. The van der Waals surface area contributed by atoms with E-state index >= 15 is 0 Å². The smallest absolute Gasteiger partial charge is 0.274 e. The summed E-state index contributed by atoms with van der Waals surface area (Å²) in [6.07, 6.45) is 2.48. The molecule has 0 unspecified atom stereocenters. The molecule has 2 aliphatic rings. The average Bonchev–Trinajstić information content (AvgIpc) is 2.85. The van der Waals surface area contributed by atoms with Crippen LogP contribution in [-0.2, 0) is 36.8 Å². The first-order chi connectivity index (χ1) is 17.1. The number of carbonyl (C=O) groups is 2. The normalized spacial score (nSPS) is 22.1. The molecule has 184 valence electrons. The molecule has 0 bridgehead atoms. The summed E-state index contributed by atoms with van der Waals surface area (Å²) >= 11 is 0. The molecule has 1 atom stereocenters. The van der Waals surface area contributed by atoms with Gasteiger partial charge in [-0.1, -0.05) is 60.7 Å². The summed E-state index contributed by atoms with van der Waals surface area (Å²) in [7, 11) is 1.63. The van der Waals surface area contributed by atoms with Crippen LogP contribution in [0.15, 0.2) is 83.9 Å². The van der Waals surface area contributed by atoms with E-state index in [0.29, 0.717) is 49.8 Å². The predicted octanol–water partition coefficient (Wildman–Crippen LogP) is 3.32. The topological polar surface area (TPSA) is 68.3 Å². The molecule has 0 saturated carbocycles. The van der Waals surface area contributed by atoms with Crippen LogP contribution in [0.3, 0.4) is 0 Å². The number of hydrogen-bond donors (Lipinski definition) is 0. The maximum absolute atomic E-state index is 13.7. The fourth-order valence-electron chi connectivity index (χ4n) is 4.32. The molecule has 1 fully saturated rings. The Bertz CT molecular complexity index is 1080. The molecule has 4 rings (SSSR count). The van der Waals surface area contributed by atoms with Gasteiger partial charge in [-0.15, -0.1) is 0 Å². The Morgan fingerprint density at radius 1 is 1.03 bits per heavy atom. The van der Waals surface area contributed by atoms with Gasteiger partial charge in [0.05, 0.1) is 19.3 Å². The van der Waals surface area contributed by atoms with E-state index in [2.05, 4.69) is 12.1 Å². The Hall–Kier alpha value is -3.42. The minimum Gasteiger partial charge on any atom is -0.488 e. The highest BCUT2D eigenvalue weighted by Crippen LogP contribution is 2.29. The molecule has 0 radical (unpaired) electrons. The lowest BCUT2D eigenvalue weighted by Gasteiger charge is -2.43. The molecular weight excluding hydrogens is 444 g/mol. The largest absolute Gasteiger partial charge is 0.488 e. The minimum atomic E-state index is -0.154. The van der Waals surface area contributed by atoms with E-state index < -0.39 is 0 Å². The third-order valence-corrected chi connectivity index (χ3v) is 6.21. The summed E-state index contributed by atoms with van der Waals surface area (Å²) < 4.78 is 17.3. The first-order valence-corrected chi connectivity index (χ1v) is 11.9. The number of amides is 1. The molecule has 2 aliphatic heterocycles. The molecular formula is C28H32N2O5. The maximum Gasteiger partial charge on any atom is 0.274 e. The molecule has 0 N–H and O–H groups in total. The lowest BCUT2D eigenvalue weighted by molar-refractivity contribution is -0.134. The first-order valence-electron chi connectivity index (χ1n) is 11.9. The van der Waals surface area contributed by atoms with Crippen LogP contribution < -0.4 is 0 Å². The van der Waals surface area contributed by atoms with Crippen molar-refractivity contribution < 1.29 is 23.8 Å². The van der Waals surface area contributed by atoms with Crippen molar-refractivity contribution in [2.75, 3.05) is 40.0 Å². The maximum atomic E-state index is 13.7. The molecule has 2 aromatic rings. The van der Waals surface area contributed by atoms with Crippen molar-refractivity contribution in [3.63, 3.8) is 0 Å². The number of hydrogen-bond acceptors (Lipinski definition) is 6. The molecule has 0 aromatic heterocycles. The van der Waals surface area contributed by atoms with Crippen molar-refractivity contribution in [2.45, 2.75) is 26.0 Å². The number of ether oxygens (including phenoxy) is 3. The number of piperazine rings is 1. The van der Waals surface area contributed by atoms with Crippen LogP contribution in [0.1, 0.15) is 18.1 Å². The Labute approximate surface area is 206 Å². The quantitative estimate of drug-likeness (QED) is 0.553. The van der Waals surface area contributed by atoms with E-state index in [1.54, 1.807) is 18.2 Å². The molecule has 0 aliphatic carbocycles. The zero-order valence-electron chi connectivity index (χ0n) is 20.3. The summed E-state index contributed by atoms with van der Waals surface area (Å²) in [6.45, 7) is 3.51. The fraction of sp³-hybridized carbons (Fsp3) is 0.357. The van der Waals surface area contributed by atoms with Crippen molar-refractivity contribution >= 4 is 11.7 Å². The number of ketones is 1. The van der Waals surface area contributed by atoms with Gasteiger partial charge >= 0.3 is 0 Å². The van der Waals surface area contributed by atoms with E-state index in [0.717, 1.165) is 11.1 Å². The molecule has 1 amide bonds. The van der Waals surface area contributed by atoms with Gasteiger partial charge in [0, 0.05) is 32.0 Å². The van der Waals surface area contributed by atoms with Crippen LogP contribution >= 0.6 is 0 Å². The summed E-state index contributed by atoms with van der Waals surface area (Å²) in [4.78, 5) is 29.8. The van der Waals surface area contributed by atoms with E-state index in [-0.39, 0.29) is 30.9 Å². The van der Waals surface area contributed by atoms with Crippen LogP contribution in [0.5, 0.6) is 0 Å². The number of rotatable bonds is 9. The summed E-state index contributed by atoms with van der Waals surface area (Å²) in [6, 6.07) is 19.9. The van der Waals surface area contributed by atoms with Crippen molar-refractivity contribution in [1.29, 1.82) is 0 Å². The van der Waals surface area contributed by atoms with Gasteiger partial charge in [-0.2, -0.15) is 0 Å². The number of benzene rings is 2. The van der Waals surface area contributed by atoms with Crippen LogP contribution in [-0.4, -0.2) is 67.6 Å². The Kier molecular flexibility index (Phi) is 8.34. The molecule has 7 heteroatoms. The van der Waals surface area contributed by atoms with Crippen LogP contribution in [0.4, 0.5) is 0 Å². The Balaban J connectivity index is 1.75. The lowest BCUT2D eigenvalue weighted by Crippen LogP contribution is -2.55. The fourth-order valence-corrected chi connectivity index (χ4v) is 4.32. The van der Waals surface area contributed by atoms with Crippen molar-refractivity contribution in [2.24, 2.45) is 0 Å². The SMILES string of the molecule is COCCN1C[C@H](Cc2ccccc2)N2/C=C(/C(C)=O)COC/C(OCc3ccccc3)=C\2C1=O. The predicted molar refractivity (Wildman–Crippen MR) is 132 cm³/mol. The monoisotopic (exact) mass is 476 g/mol. The number of methoxy groups -OCH3 is 1. The average molecular weight is 477 g/mol. The van der Waals surface area contributed by atoms with Gasteiger partial charge in [-0.3, -0.25) is 9.59 Å². The molecule has 2 aromatic carbocycles. The van der Waals surface area contributed by atoms with Gasteiger partial charge in [-0.25, -0.2) is 0 Å². The highest BCUT2D eigenvalue weighted by Gasteiger charge is 2.39. The highest BCUT2D eigenvalue weighted by molar-refractivity contribution is 5.96. The summed E-state index contributed by atoms with van der Waals surface area (Å²) in [5.41, 5.74) is 3.10. The number of carbonyl (C=O) groups excluding carboxylic acids is 2. The molecule has 7 nitrogen and oxygen atoms in total. The molecule has 2 heterocycles. The minimum absolute atomic E-state index is 0.0780. The van der Waals surface area contributed by atoms with Gasteiger partial charge < -0.3 is 24.0 Å². The third kappa shape index (κ3) is 6.18. The second kappa shape index (κ2) is 11.8. The van der Waals surface area contributed by atoms with Crippen LogP contribution in [0, 0.1) is 0 Å². The second-order valence-corrected chi connectivity index (χ2v) is 8.74. The van der Waals surface area contributed by atoms with Gasteiger partial charge in [0.2, 0.25) is 0 Å². The zero-order chi connectivity index (χ0) is 24.6. The Morgan fingerprint density at radius 2 is 1.71 bits per heavy atom. The highest BCUT2D eigenvalue weighted by atomic mass is 16.5. The van der Waals surface area contributed by atoms with Gasteiger partial charge in [0.1, 0.15) is 18.9 Å². The van der Waals surface area contributed by atoms with E-state index in [4.69, 9.17) is 14.2 Å². The van der Waals surface area contributed by atoms with E-state index in [1.807, 2.05) is 53.4 Å². The van der Waals surface area contributed by atoms with Gasteiger partial charge in [0.25, 0.3) is 5.91 Å². The number of Topliss-reactive ketones (excluding diaryl/α,β-unsaturated/α-hetero) is 1. The number of nitrogens with zero attached hydrogens (tertiary/aromatic N) is 2.